The third-order valence-electron chi connectivity index (χ3n) is 6.26. The van der Waals surface area contributed by atoms with E-state index < -0.39 is 25.1 Å². The van der Waals surface area contributed by atoms with Crippen molar-refractivity contribution in [1.82, 2.24) is 14.1 Å². The lowest BCUT2D eigenvalue weighted by Crippen LogP contribution is -2.54. The molecule has 3 saturated heterocycles. The molecule has 0 aromatic heterocycles. The molecule has 0 aliphatic carbocycles. The topological polar surface area (TPSA) is 78.0 Å². The summed E-state index contributed by atoms with van der Waals surface area (Å²) in [7, 11) is -6.71. The molecular weight excluding hydrogens is 398 g/mol. The third-order valence-corrected chi connectivity index (χ3v) is 10.6. The fraction of sp³-hybridized carbons (Fsp3) is 0.684. The lowest BCUT2D eigenvalue weighted by atomic mass is 10.2. The number of hydrogen-bond acceptors (Lipinski definition) is 6. The molecule has 0 saturated carbocycles. The number of rotatable bonds is 5. The van der Waals surface area contributed by atoms with Gasteiger partial charge in [-0.2, -0.15) is 4.31 Å². The molecule has 0 spiro atoms. The summed E-state index contributed by atoms with van der Waals surface area (Å²) in [4.78, 5) is 4.87. The zero-order valence-electron chi connectivity index (χ0n) is 16.1. The van der Waals surface area contributed by atoms with Gasteiger partial charge in [0.1, 0.15) is 0 Å². The van der Waals surface area contributed by atoms with Gasteiger partial charge >= 0.3 is 0 Å². The van der Waals surface area contributed by atoms with Crippen molar-refractivity contribution in [3.63, 3.8) is 0 Å². The Morgan fingerprint density at radius 1 is 0.964 bits per heavy atom. The summed E-state index contributed by atoms with van der Waals surface area (Å²) in [5.41, 5.74) is 1.32. The number of likely N-dealkylation sites (tertiary alicyclic amines) is 1. The van der Waals surface area contributed by atoms with Gasteiger partial charge in [0.2, 0.25) is 10.0 Å². The van der Waals surface area contributed by atoms with Crippen LogP contribution >= 0.6 is 0 Å². The molecule has 2 atom stereocenters. The molecule has 9 heteroatoms. The number of piperazine rings is 1. The van der Waals surface area contributed by atoms with Crippen LogP contribution in [0.15, 0.2) is 30.3 Å². The highest BCUT2D eigenvalue weighted by molar-refractivity contribution is 7.95. The first-order valence-electron chi connectivity index (χ1n) is 10.0. The van der Waals surface area contributed by atoms with E-state index in [4.69, 9.17) is 0 Å². The van der Waals surface area contributed by atoms with Gasteiger partial charge in [0.25, 0.3) is 0 Å². The minimum absolute atomic E-state index is 0.00378. The minimum Gasteiger partial charge on any atom is -0.297 e. The van der Waals surface area contributed by atoms with Crippen LogP contribution in [-0.4, -0.2) is 93.0 Å². The van der Waals surface area contributed by atoms with Crippen LogP contribution in [0.5, 0.6) is 0 Å². The van der Waals surface area contributed by atoms with Crippen LogP contribution in [0.1, 0.15) is 18.4 Å². The minimum atomic E-state index is -3.51. The normalized spacial score (nSPS) is 30.0. The Kier molecular flexibility index (Phi) is 5.81. The maximum Gasteiger partial charge on any atom is 0.218 e. The Hall–Kier alpha value is -1.00. The van der Waals surface area contributed by atoms with Crippen molar-refractivity contribution < 1.29 is 16.8 Å². The van der Waals surface area contributed by atoms with E-state index in [9.17, 15) is 16.8 Å². The first-order valence-corrected chi connectivity index (χ1v) is 13.4. The van der Waals surface area contributed by atoms with Gasteiger partial charge in [-0.15, -0.1) is 0 Å². The second kappa shape index (κ2) is 8.02. The van der Waals surface area contributed by atoms with Gasteiger partial charge in [0.05, 0.1) is 16.8 Å². The summed E-state index contributed by atoms with van der Waals surface area (Å²) in [5.74, 6) is -0.219. The van der Waals surface area contributed by atoms with Gasteiger partial charge in [0.15, 0.2) is 9.84 Å². The van der Waals surface area contributed by atoms with Crippen LogP contribution in [0.2, 0.25) is 0 Å². The van der Waals surface area contributed by atoms with Crippen molar-refractivity contribution >= 4 is 19.9 Å². The van der Waals surface area contributed by atoms with Gasteiger partial charge in [-0.25, -0.2) is 16.8 Å². The molecule has 3 fully saturated rings. The van der Waals surface area contributed by atoms with Gasteiger partial charge in [-0.1, -0.05) is 30.3 Å². The number of sulfone groups is 1. The predicted molar refractivity (Wildman–Crippen MR) is 109 cm³/mol. The monoisotopic (exact) mass is 427 g/mol. The second-order valence-corrected chi connectivity index (χ2v) is 12.6. The first-order chi connectivity index (χ1) is 13.3. The first kappa shape index (κ1) is 20.3. The molecule has 4 rings (SSSR count). The van der Waals surface area contributed by atoms with E-state index in [1.807, 2.05) is 6.07 Å². The fourth-order valence-corrected chi connectivity index (χ4v) is 9.14. The summed E-state index contributed by atoms with van der Waals surface area (Å²) in [6, 6.07) is 10.9. The smallest absolute Gasteiger partial charge is 0.218 e. The van der Waals surface area contributed by atoms with Crippen LogP contribution in [-0.2, 0) is 26.4 Å². The Balaban J connectivity index is 1.29. The maximum atomic E-state index is 12.8. The summed E-state index contributed by atoms with van der Waals surface area (Å²) >= 11 is 0. The average Bonchev–Trinajstić information content (AvgIpc) is 3.29. The third kappa shape index (κ3) is 4.43. The molecule has 3 aliphatic rings. The highest BCUT2D eigenvalue weighted by atomic mass is 32.2. The lowest BCUT2D eigenvalue weighted by Gasteiger charge is -2.38. The van der Waals surface area contributed by atoms with E-state index in [-0.39, 0.29) is 17.9 Å². The Morgan fingerprint density at radius 3 is 2.32 bits per heavy atom. The maximum absolute atomic E-state index is 12.8. The van der Waals surface area contributed by atoms with Gasteiger partial charge in [0, 0.05) is 51.9 Å². The standard InChI is InChI=1S/C19H29N3O4S2/c23-27(24)13-7-19(16-27)28(25,26)22-11-9-21(10-12-22)18-6-8-20(15-18)14-17-4-2-1-3-5-17/h1-5,18-19H,6-16H2/t18-,19+/m1/s1. The van der Waals surface area contributed by atoms with Crippen molar-refractivity contribution in [2.24, 2.45) is 0 Å². The second-order valence-electron chi connectivity index (χ2n) is 8.17. The van der Waals surface area contributed by atoms with Crippen LogP contribution in [0.4, 0.5) is 0 Å². The Bertz CT molecular complexity index is 881. The highest BCUT2D eigenvalue weighted by Gasteiger charge is 2.42. The largest absolute Gasteiger partial charge is 0.297 e. The molecule has 3 aliphatic heterocycles. The molecule has 156 valence electrons. The lowest BCUT2D eigenvalue weighted by molar-refractivity contribution is 0.136. The fourth-order valence-electron chi connectivity index (χ4n) is 4.63. The highest BCUT2D eigenvalue weighted by Crippen LogP contribution is 2.25. The zero-order chi connectivity index (χ0) is 19.8. The van der Waals surface area contributed by atoms with E-state index in [0.717, 1.165) is 39.1 Å². The van der Waals surface area contributed by atoms with Gasteiger partial charge in [-0.3, -0.25) is 9.80 Å². The van der Waals surface area contributed by atoms with E-state index in [2.05, 4.69) is 34.1 Å². The predicted octanol–water partition coefficient (Wildman–Crippen LogP) is 0.395. The Morgan fingerprint density at radius 2 is 1.68 bits per heavy atom. The van der Waals surface area contributed by atoms with E-state index in [1.165, 1.54) is 9.87 Å². The van der Waals surface area contributed by atoms with Crippen molar-refractivity contribution in [2.75, 3.05) is 50.8 Å². The van der Waals surface area contributed by atoms with E-state index in [1.54, 1.807) is 0 Å². The number of nitrogens with zero attached hydrogens (tertiary/aromatic N) is 3. The molecular formula is C19H29N3O4S2. The van der Waals surface area contributed by atoms with Gasteiger partial charge in [-0.05, 0) is 18.4 Å². The molecule has 0 radical (unpaired) electrons. The van der Waals surface area contributed by atoms with Crippen molar-refractivity contribution in [2.45, 2.75) is 30.7 Å². The SMILES string of the molecule is O=S1(=O)CC[C@H](S(=O)(=O)N2CCN([C@@H]3CCN(Cc4ccccc4)C3)CC2)C1. The van der Waals surface area contributed by atoms with Crippen LogP contribution in [0.25, 0.3) is 0 Å². The molecule has 1 aromatic carbocycles. The van der Waals surface area contributed by atoms with Crippen molar-refractivity contribution in [3.05, 3.63) is 35.9 Å². The molecule has 0 bridgehead atoms. The zero-order valence-corrected chi connectivity index (χ0v) is 17.7. The van der Waals surface area contributed by atoms with E-state index >= 15 is 0 Å². The summed E-state index contributed by atoms with van der Waals surface area (Å²) in [6.45, 7) is 5.43. The van der Waals surface area contributed by atoms with Gasteiger partial charge < -0.3 is 0 Å². The summed E-state index contributed by atoms with van der Waals surface area (Å²) < 4.78 is 50.4. The average molecular weight is 428 g/mol. The molecule has 1 aromatic rings. The molecule has 0 amide bonds. The van der Waals surface area contributed by atoms with Crippen molar-refractivity contribution in [3.8, 4) is 0 Å². The molecule has 28 heavy (non-hydrogen) atoms. The summed E-state index contributed by atoms with van der Waals surface area (Å²) in [5, 5.41) is -0.753. The number of hydrogen-bond donors (Lipinski definition) is 0. The molecule has 0 unspecified atom stereocenters. The van der Waals surface area contributed by atoms with Crippen molar-refractivity contribution in [1.29, 1.82) is 0 Å². The van der Waals surface area contributed by atoms with Crippen LogP contribution < -0.4 is 0 Å². The summed E-state index contributed by atoms with van der Waals surface area (Å²) in [6.07, 6.45) is 1.35. The Labute approximate surface area is 168 Å². The quantitative estimate of drug-likeness (QED) is 0.677. The van der Waals surface area contributed by atoms with Crippen LogP contribution in [0, 0.1) is 0 Å². The number of sulfonamides is 1. The molecule has 0 N–H and O–H groups in total. The molecule has 7 nitrogen and oxygen atoms in total. The van der Waals surface area contributed by atoms with E-state index in [0.29, 0.717) is 19.1 Å². The molecule has 3 heterocycles. The number of benzene rings is 1. The van der Waals surface area contributed by atoms with Crippen LogP contribution in [0.3, 0.4) is 0 Å².